The zero-order valence-electron chi connectivity index (χ0n) is 17.9. The molecule has 0 aliphatic carbocycles. The van der Waals surface area contributed by atoms with E-state index < -0.39 is 9.85 Å². The van der Waals surface area contributed by atoms with Crippen LogP contribution in [0.3, 0.4) is 0 Å². The maximum absolute atomic E-state index is 10.4. The number of hydrogen-bond acceptors (Lipinski definition) is 7. The standard InChI is InChI=1S/2C7H8N2O2.C7H9N/c1-5-3-6(2)8-4-7(5)9(10)11;1-5-3-4-8-6(2)7(5)9(10)11;1-6-3-4-8-7(2)5-6/h2*3-4H,1-2H3;3-5H,1-2H3. The molecule has 0 bridgehead atoms. The zero-order chi connectivity index (χ0) is 22.8. The first kappa shape index (κ1) is 24.3. The van der Waals surface area contributed by atoms with E-state index in [1.54, 1.807) is 46.0 Å². The highest BCUT2D eigenvalue weighted by atomic mass is 16.6. The number of rotatable bonds is 2. The Labute approximate surface area is 175 Å². The zero-order valence-corrected chi connectivity index (χ0v) is 17.9. The van der Waals surface area contributed by atoms with Crippen LogP contribution in [-0.2, 0) is 0 Å². The molecule has 0 saturated carbocycles. The number of pyridine rings is 3. The summed E-state index contributed by atoms with van der Waals surface area (Å²) < 4.78 is 0. The van der Waals surface area contributed by atoms with Crippen LogP contribution in [0.2, 0.25) is 0 Å². The molecule has 0 N–H and O–H groups in total. The quantitative estimate of drug-likeness (QED) is 0.433. The number of nitrogens with zero attached hydrogens (tertiary/aromatic N) is 5. The van der Waals surface area contributed by atoms with Gasteiger partial charge in [0.15, 0.2) is 0 Å². The molecule has 3 aromatic rings. The van der Waals surface area contributed by atoms with Crippen LogP contribution in [0.1, 0.15) is 33.8 Å². The maximum atomic E-state index is 10.4. The molecule has 0 aliphatic heterocycles. The average Bonchev–Trinajstić information content (AvgIpc) is 2.61. The van der Waals surface area contributed by atoms with Crippen molar-refractivity contribution in [2.45, 2.75) is 41.5 Å². The Balaban J connectivity index is 0.000000228. The summed E-state index contributed by atoms with van der Waals surface area (Å²) in [4.78, 5) is 31.6. The lowest BCUT2D eigenvalue weighted by molar-refractivity contribution is -0.386. The molecule has 9 nitrogen and oxygen atoms in total. The lowest BCUT2D eigenvalue weighted by Gasteiger charge is -1.97. The van der Waals surface area contributed by atoms with Crippen LogP contribution >= 0.6 is 0 Å². The molecule has 0 atom stereocenters. The normalized spacial score (nSPS) is 9.53. The molecule has 30 heavy (non-hydrogen) atoms. The van der Waals surface area contributed by atoms with Gasteiger partial charge in [-0.15, -0.1) is 0 Å². The molecule has 0 radical (unpaired) electrons. The molecule has 3 aromatic heterocycles. The van der Waals surface area contributed by atoms with Gasteiger partial charge in [-0.3, -0.25) is 35.2 Å². The van der Waals surface area contributed by atoms with Crippen LogP contribution in [-0.4, -0.2) is 24.8 Å². The van der Waals surface area contributed by atoms with E-state index in [9.17, 15) is 20.2 Å². The van der Waals surface area contributed by atoms with Crippen LogP contribution in [0.25, 0.3) is 0 Å². The molecule has 158 valence electrons. The van der Waals surface area contributed by atoms with Crippen molar-refractivity contribution in [3.05, 3.63) is 96.9 Å². The van der Waals surface area contributed by atoms with Gasteiger partial charge in [-0.1, -0.05) is 0 Å². The lowest BCUT2D eigenvalue weighted by atomic mass is 10.2. The van der Waals surface area contributed by atoms with Crippen LogP contribution in [0.15, 0.2) is 42.9 Å². The van der Waals surface area contributed by atoms with E-state index in [1.807, 2.05) is 19.2 Å². The van der Waals surface area contributed by atoms with Gasteiger partial charge >= 0.3 is 0 Å². The molecule has 3 heterocycles. The molecule has 0 unspecified atom stereocenters. The van der Waals surface area contributed by atoms with Gasteiger partial charge in [-0.2, -0.15) is 0 Å². The van der Waals surface area contributed by atoms with E-state index in [2.05, 4.69) is 27.9 Å². The summed E-state index contributed by atoms with van der Waals surface area (Å²) in [5.74, 6) is 0. The summed E-state index contributed by atoms with van der Waals surface area (Å²) in [5, 5.41) is 20.7. The molecule has 9 heteroatoms. The maximum Gasteiger partial charge on any atom is 0.293 e. The predicted molar refractivity (Wildman–Crippen MR) is 114 cm³/mol. The largest absolute Gasteiger partial charge is 0.293 e. The molecule has 0 aromatic carbocycles. The first-order valence-electron chi connectivity index (χ1n) is 9.06. The smallest absolute Gasteiger partial charge is 0.262 e. The van der Waals surface area contributed by atoms with Crippen molar-refractivity contribution in [2.75, 3.05) is 0 Å². The molecule has 3 rings (SSSR count). The van der Waals surface area contributed by atoms with Gasteiger partial charge in [0, 0.05) is 34.9 Å². The summed E-state index contributed by atoms with van der Waals surface area (Å²) in [5.41, 5.74) is 5.14. The second-order valence-electron chi connectivity index (χ2n) is 6.66. The number of aromatic nitrogens is 3. The minimum absolute atomic E-state index is 0.0793. The molecule has 0 aliphatic rings. The van der Waals surface area contributed by atoms with Gasteiger partial charge in [0.05, 0.1) is 9.85 Å². The Bertz CT molecular complexity index is 1000. The van der Waals surface area contributed by atoms with Crippen molar-refractivity contribution in [1.82, 2.24) is 15.0 Å². The topological polar surface area (TPSA) is 125 Å². The van der Waals surface area contributed by atoms with Crippen molar-refractivity contribution in [2.24, 2.45) is 0 Å². The fraction of sp³-hybridized carbons (Fsp3) is 0.286. The van der Waals surface area contributed by atoms with Crippen molar-refractivity contribution in [3.63, 3.8) is 0 Å². The van der Waals surface area contributed by atoms with Crippen LogP contribution < -0.4 is 0 Å². The number of aryl methyl sites for hydroxylation is 6. The van der Waals surface area contributed by atoms with Crippen LogP contribution in [0, 0.1) is 61.8 Å². The van der Waals surface area contributed by atoms with Crippen LogP contribution in [0.4, 0.5) is 11.4 Å². The van der Waals surface area contributed by atoms with Gasteiger partial charge in [0.1, 0.15) is 11.9 Å². The minimum atomic E-state index is -0.429. The monoisotopic (exact) mass is 411 g/mol. The molecule has 0 amide bonds. The third-order valence-electron chi connectivity index (χ3n) is 3.96. The summed E-state index contributed by atoms with van der Waals surface area (Å²) in [6, 6.07) is 7.37. The summed E-state index contributed by atoms with van der Waals surface area (Å²) in [6.45, 7) is 10.9. The van der Waals surface area contributed by atoms with Crippen LogP contribution in [0.5, 0.6) is 0 Å². The first-order valence-corrected chi connectivity index (χ1v) is 9.06. The van der Waals surface area contributed by atoms with Gasteiger partial charge < -0.3 is 0 Å². The fourth-order valence-electron chi connectivity index (χ4n) is 2.53. The Hall–Kier alpha value is -3.75. The van der Waals surface area contributed by atoms with E-state index in [0.29, 0.717) is 16.8 Å². The van der Waals surface area contributed by atoms with Crippen molar-refractivity contribution >= 4 is 11.4 Å². The number of nitro groups is 2. The van der Waals surface area contributed by atoms with Gasteiger partial charge in [0.2, 0.25) is 0 Å². The Morgan fingerprint density at radius 1 is 0.733 bits per heavy atom. The van der Waals surface area contributed by atoms with Crippen molar-refractivity contribution in [3.8, 4) is 0 Å². The number of hydrogen-bond donors (Lipinski definition) is 0. The third-order valence-corrected chi connectivity index (χ3v) is 3.96. The lowest BCUT2D eigenvalue weighted by Crippen LogP contribution is -1.96. The Morgan fingerprint density at radius 2 is 1.33 bits per heavy atom. The van der Waals surface area contributed by atoms with E-state index in [4.69, 9.17) is 0 Å². The Morgan fingerprint density at radius 3 is 1.73 bits per heavy atom. The van der Waals surface area contributed by atoms with E-state index in [0.717, 1.165) is 11.4 Å². The SMILES string of the molecule is Cc1cc(C)c([N+](=O)[O-])cn1.Cc1ccnc(C)c1.Cc1ccnc(C)c1[N+](=O)[O-]. The summed E-state index contributed by atoms with van der Waals surface area (Å²) >= 11 is 0. The molecular formula is C21H25N5O4. The fourth-order valence-corrected chi connectivity index (χ4v) is 2.53. The minimum Gasteiger partial charge on any atom is -0.262 e. The summed E-state index contributed by atoms with van der Waals surface area (Å²) in [6.07, 6.45) is 4.67. The molecule has 0 spiro atoms. The second-order valence-corrected chi connectivity index (χ2v) is 6.66. The predicted octanol–water partition coefficient (Wildman–Crippen LogP) is 4.91. The highest BCUT2D eigenvalue weighted by Gasteiger charge is 2.13. The first-order chi connectivity index (χ1) is 14.0. The van der Waals surface area contributed by atoms with E-state index >= 15 is 0 Å². The second kappa shape index (κ2) is 11.3. The van der Waals surface area contributed by atoms with Crippen molar-refractivity contribution < 1.29 is 9.85 Å². The highest BCUT2D eigenvalue weighted by molar-refractivity contribution is 5.41. The highest BCUT2D eigenvalue weighted by Crippen LogP contribution is 2.19. The van der Waals surface area contributed by atoms with Gasteiger partial charge in [-0.05, 0) is 71.4 Å². The molecular weight excluding hydrogens is 386 g/mol. The van der Waals surface area contributed by atoms with Gasteiger partial charge in [0.25, 0.3) is 11.4 Å². The third kappa shape index (κ3) is 7.70. The Kier molecular flexibility index (Phi) is 9.15. The molecule has 0 fully saturated rings. The van der Waals surface area contributed by atoms with Crippen molar-refractivity contribution in [1.29, 1.82) is 0 Å². The molecule has 0 saturated heterocycles. The van der Waals surface area contributed by atoms with E-state index in [-0.39, 0.29) is 11.4 Å². The summed E-state index contributed by atoms with van der Waals surface area (Å²) in [7, 11) is 0. The average molecular weight is 411 g/mol. The van der Waals surface area contributed by atoms with Gasteiger partial charge in [-0.25, -0.2) is 0 Å². The van der Waals surface area contributed by atoms with E-state index in [1.165, 1.54) is 11.8 Å².